The summed E-state index contributed by atoms with van der Waals surface area (Å²) >= 11 is 0. The quantitative estimate of drug-likeness (QED) is 0.875. The van der Waals surface area contributed by atoms with Gasteiger partial charge < -0.3 is 20.1 Å². The lowest BCUT2D eigenvalue weighted by molar-refractivity contribution is 0.110. The molecule has 2 rings (SSSR count). The van der Waals surface area contributed by atoms with Gasteiger partial charge in [-0.15, -0.1) is 0 Å². The van der Waals surface area contributed by atoms with Crippen molar-refractivity contribution in [2.45, 2.75) is 38.8 Å². The van der Waals surface area contributed by atoms with Crippen molar-refractivity contribution < 1.29 is 9.84 Å². The summed E-state index contributed by atoms with van der Waals surface area (Å²) in [5.41, 5.74) is 2.47. The molecule has 2 unspecified atom stereocenters. The lowest BCUT2D eigenvalue weighted by Gasteiger charge is -2.36. The Morgan fingerprint density at radius 2 is 1.95 bits per heavy atom. The molecule has 0 saturated carbocycles. The van der Waals surface area contributed by atoms with E-state index in [-0.39, 0.29) is 12.1 Å². The first kappa shape index (κ1) is 16.1. The average molecular weight is 292 g/mol. The minimum Gasteiger partial charge on any atom is -0.496 e. The van der Waals surface area contributed by atoms with Gasteiger partial charge in [0.2, 0.25) is 0 Å². The molecule has 2 N–H and O–H groups in total. The largest absolute Gasteiger partial charge is 0.496 e. The number of nitrogens with zero attached hydrogens (tertiary/aromatic N) is 1. The zero-order chi connectivity index (χ0) is 15.4. The lowest BCUT2D eigenvalue weighted by Crippen LogP contribution is -2.38. The van der Waals surface area contributed by atoms with Crippen LogP contribution in [-0.2, 0) is 0 Å². The van der Waals surface area contributed by atoms with Crippen LogP contribution in [0.4, 0.5) is 5.69 Å². The summed E-state index contributed by atoms with van der Waals surface area (Å²) in [5.74, 6) is 1.36. The molecule has 1 heterocycles. The van der Waals surface area contributed by atoms with Crippen molar-refractivity contribution in [3.8, 4) is 5.75 Å². The molecule has 1 aliphatic rings. The molecule has 0 bridgehead atoms. The summed E-state index contributed by atoms with van der Waals surface area (Å²) in [6.07, 6.45) is 1.89. The molecule has 0 aromatic heterocycles. The number of rotatable bonds is 5. The Kier molecular flexibility index (Phi) is 5.48. The highest BCUT2D eigenvalue weighted by molar-refractivity contribution is 5.61. The molecular formula is C17H28N2O2. The van der Waals surface area contributed by atoms with Crippen molar-refractivity contribution in [1.29, 1.82) is 0 Å². The first-order chi connectivity index (χ1) is 10.1. The Morgan fingerprint density at radius 3 is 2.48 bits per heavy atom. The number of nitrogens with one attached hydrogen (secondary N) is 1. The molecule has 1 saturated heterocycles. The summed E-state index contributed by atoms with van der Waals surface area (Å²) in [4.78, 5) is 2.42. The van der Waals surface area contributed by atoms with Crippen LogP contribution >= 0.6 is 0 Å². The average Bonchev–Trinajstić information content (AvgIpc) is 2.53. The Hall–Kier alpha value is -1.26. The summed E-state index contributed by atoms with van der Waals surface area (Å²) in [7, 11) is 3.70. The van der Waals surface area contributed by atoms with E-state index < -0.39 is 0 Å². The minimum absolute atomic E-state index is 0.201. The Balaban J connectivity index is 2.24. The number of hydrogen-bond acceptors (Lipinski definition) is 4. The fraction of sp³-hybridized carbons (Fsp3) is 0.647. The van der Waals surface area contributed by atoms with E-state index in [1.807, 2.05) is 20.0 Å². The molecule has 0 aliphatic carbocycles. The van der Waals surface area contributed by atoms with Gasteiger partial charge in [-0.05, 0) is 51.8 Å². The highest BCUT2D eigenvalue weighted by Crippen LogP contribution is 2.36. The molecule has 1 aliphatic heterocycles. The minimum atomic E-state index is -0.201. The van der Waals surface area contributed by atoms with Crippen LogP contribution < -0.4 is 15.0 Å². The number of piperidine rings is 1. The van der Waals surface area contributed by atoms with Gasteiger partial charge in [-0.3, -0.25) is 0 Å². The summed E-state index contributed by atoms with van der Waals surface area (Å²) in [5, 5.41) is 13.1. The van der Waals surface area contributed by atoms with E-state index in [0.29, 0.717) is 5.92 Å². The van der Waals surface area contributed by atoms with Crippen LogP contribution in [-0.4, -0.2) is 38.5 Å². The Bertz CT molecular complexity index is 454. The van der Waals surface area contributed by atoms with Crippen molar-refractivity contribution in [2.24, 2.45) is 5.92 Å². The zero-order valence-corrected chi connectivity index (χ0v) is 13.6. The van der Waals surface area contributed by atoms with Crippen LogP contribution in [0.2, 0.25) is 0 Å². The normalized spacial score (nSPS) is 19.4. The molecule has 0 radical (unpaired) electrons. The van der Waals surface area contributed by atoms with Crippen LogP contribution in [0.3, 0.4) is 0 Å². The third kappa shape index (κ3) is 3.50. The number of aliphatic hydroxyl groups is 1. The van der Waals surface area contributed by atoms with E-state index in [9.17, 15) is 5.11 Å². The number of benzene rings is 1. The molecule has 4 nitrogen and oxygen atoms in total. The molecular weight excluding hydrogens is 264 g/mol. The number of anilines is 1. The Labute approximate surface area is 128 Å². The van der Waals surface area contributed by atoms with Crippen LogP contribution in [0.15, 0.2) is 18.2 Å². The molecule has 21 heavy (non-hydrogen) atoms. The first-order valence-corrected chi connectivity index (χ1v) is 7.85. The van der Waals surface area contributed by atoms with Crippen molar-refractivity contribution in [1.82, 2.24) is 5.32 Å². The van der Waals surface area contributed by atoms with Crippen molar-refractivity contribution in [2.75, 3.05) is 32.1 Å². The van der Waals surface area contributed by atoms with Crippen LogP contribution in [0.1, 0.15) is 38.3 Å². The van der Waals surface area contributed by atoms with Crippen molar-refractivity contribution >= 4 is 5.69 Å². The third-order valence-electron chi connectivity index (χ3n) is 4.69. The van der Waals surface area contributed by atoms with E-state index >= 15 is 0 Å². The number of methoxy groups -OCH3 is 1. The smallest absolute Gasteiger partial charge is 0.125 e. The summed E-state index contributed by atoms with van der Waals surface area (Å²) in [6.45, 7) is 6.04. The van der Waals surface area contributed by atoms with Crippen LogP contribution in [0.5, 0.6) is 5.75 Å². The second kappa shape index (κ2) is 7.14. The van der Waals surface area contributed by atoms with Crippen LogP contribution in [0.25, 0.3) is 0 Å². The first-order valence-electron chi connectivity index (χ1n) is 7.85. The predicted octanol–water partition coefficient (Wildman–Crippen LogP) is 2.57. The van der Waals surface area contributed by atoms with Crippen LogP contribution in [0, 0.1) is 5.92 Å². The fourth-order valence-electron chi connectivity index (χ4n) is 3.19. The SMILES string of the molecule is CNC(C)c1c(OC)cccc1N1CCC(C(C)O)CC1. The van der Waals surface area contributed by atoms with E-state index in [1.165, 1.54) is 11.3 Å². The molecule has 118 valence electrons. The topological polar surface area (TPSA) is 44.7 Å². The molecule has 0 amide bonds. The van der Waals surface area contributed by atoms with Crippen molar-refractivity contribution in [3.63, 3.8) is 0 Å². The number of hydrogen-bond donors (Lipinski definition) is 2. The second-order valence-corrected chi connectivity index (χ2v) is 5.97. The van der Waals surface area contributed by atoms with E-state index in [4.69, 9.17) is 4.74 Å². The highest BCUT2D eigenvalue weighted by Gasteiger charge is 2.25. The molecule has 0 spiro atoms. The maximum absolute atomic E-state index is 9.75. The maximum Gasteiger partial charge on any atom is 0.125 e. The standard InChI is InChI=1S/C17H28N2O2/c1-12(18-3)17-15(6-5-7-16(17)21-4)19-10-8-14(9-11-19)13(2)20/h5-7,12-14,18,20H,8-11H2,1-4H3. The third-order valence-corrected chi connectivity index (χ3v) is 4.69. The fourth-order valence-corrected chi connectivity index (χ4v) is 3.19. The molecule has 4 heteroatoms. The predicted molar refractivity (Wildman–Crippen MR) is 87.1 cm³/mol. The van der Waals surface area contributed by atoms with E-state index in [0.717, 1.165) is 31.7 Å². The number of aliphatic hydroxyl groups excluding tert-OH is 1. The molecule has 1 aromatic carbocycles. The van der Waals surface area contributed by atoms with E-state index in [1.54, 1.807) is 7.11 Å². The molecule has 1 fully saturated rings. The summed E-state index contributed by atoms with van der Waals surface area (Å²) in [6, 6.07) is 6.50. The second-order valence-electron chi connectivity index (χ2n) is 5.97. The summed E-state index contributed by atoms with van der Waals surface area (Å²) < 4.78 is 5.55. The molecule has 1 aromatic rings. The maximum atomic E-state index is 9.75. The van der Waals surface area contributed by atoms with Gasteiger partial charge in [0.25, 0.3) is 0 Å². The van der Waals surface area contributed by atoms with Gasteiger partial charge >= 0.3 is 0 Å². The zero-order valence-electron chi connectivity index (χ0n) is 13.6. The van der Waals surface area contributed by atoms with Gasteiger partial charge in [0, 0.05) is 30.4 Å². The highest BCUT2D eigenvalue weighted by atomic mass is 16.5. The van der Waals surface area contributed by atoms with Crippen molar-refractivity contribution in [3.05, 3.63) is 23.8 Å². The molecule has 2 atom stereocenters. The van der Waals surface area contributed by atoms with Gasteiger partial charge in [-0.1, -0.05) is 6.07 Å². The van der Waals surface area contributed by atoms with Gasteiger partial charge in [-0.25, -0.2) is 0 Å². The van der Waals surface area contributed by atoms with Gasteiger partial charge in [0.05, 0.1) is 13.2 Å². The van der Waals surface area contributed by atoms with Gasteiger partial charge in [0.15, 0.2) is 0 Å². The van der Waals surface area contributed by atoms with Gasteiger partial charge in [0.1, 0.15) is 5.75 Å². The number of ether oxygens (including phenoxy) is 1. The monoisotopic (exact) mass is 292 g/mol. The Morgan fingerprint density at radius 1 is 1.29 bits per heavy atom. The van der Waals surface area contributed by atoms with E-state index in [2.05, 4.69) is 29.3 Å². The lowest BCUT2D eigenvalue weighted by atomic mass is 9.91. The van der Waals surface area contributed by atoms with Gasteiger partial charge in [-0.2, -0.15) is 0 Å².